The summed E-state index contributed by atoms with van der Waals surface area (Å²) in [4.78, 5) is 23.6. The number of hydrogen-bond donors (Lipinski definition) is 4. The van der Waals surface area contributed by atoms with Crippen LogP contribution in [0.25, 0.3) is 0 Å². The van der Waals surface area contributed by atoms with Crippen molar-refractivity contribution in [2.24, 2.45) is 10.2 Å². The molecule has 0 radical (unpaired) electrons. The standard InChI is InChI=1S/C17H16N4O4/c1-11(19-21-17(25)13-4-8-15(23)9-5-13)10-18-20-16(24)12-2-6-14(22)7-3-12/h2-10,22-23H,1H3,(H,20,24)(H,21,25)/b18-10+,19-11+. The summed E-state index contributed by atoms with van der Waals surface area (Å²) < 4.78 is 0. The molecule has 2 aromatic carbocycles. The fourth-order valence-electron chi connectivity index (χ4n) is 1.71. The molecule has 2 rings (SSSR count). The summed E-state index contributed by atoms with van der Waals surface area (Å²) in [6.45, 7) is 1.59. The van der Waals surface area contributed by atoms with Crippen molar-refractivity contribution in [3.8, 4) is 11.5 Å². The van der Waals surface area contributed by atoms with Gasteiger partial charge in [0, 0.05) is 11.1 Å². The summed E-state index contributed by atoms with van der Waals surface area (Å²) in [7, 11) is 0. The molecular formula is C17H16N4O4. The minimum absolute atomic E-state index is 0.0624. The number of rotatable bonds is 5. The maximum absolute atomic E-state index is 11.8. The molecule has 0 aliphatic heterocycles. The average molecular weight is 340 g/mol. The number of nitrogens with one attached hydrogen (secondary N) is 2. The summed E-state index contributed by atoms with van der Waals surface area (Å²) in [5.41, 5.74) is 5.67. The highest BCUT2D eigenvalue weighted by Gasteiger charge is 2.04. The number of nitrogens with zero attached hydrogens (tertiary/aromatic N) is 2. The third kappa shape index (κ3) is 5.47. The Morgan fingerprint density at radius 3 is 1.76 bits per heavy atom. The van der Waals surface area contributed by atoms with Crippen LogP contribution in [0.15, 0.2) is 58.7 Å². The number of phenolic OH excluding ortho intramolecular Hbond substituents is 2. The van der Waals surface area contributed by atoms with Crippen molar-refractivity contribution >= 4 is 23.7 Å². The first-order valence-electron chi connectivity index (χ1n) is 7.22. The molecule has 0 unspecified atom stereocenters. The predicted octanol–water partition coefficient (Wildman–Crippen LogP) is 1.62. The Morgan fingerprint density at radius 2 is 1.28 bits per heavy atom. The lowest BCUT2D eigenvalue weighted by Crippen LogP contribution is -2.21. The zero-order chi connectivity index (χ0) is 18.2. The number of carbonyl (C=O) groups excluding carboxylic acids is 2. The molecule has 0 aromatic heterocycles. The zero-order valence-electron chi connectivity index (χ0n) is 13.3. The summed E-state index contributed by atoms with van der Waals surface area (Å²) in [5.74, 6) is -0.766. The first-order valence-corrected chi connectivity index (χ1v) is 7.22. The predicted molar refractivity (Wildman–Crippen MR) is 92.7 cm³/mol. The first-order chi connectivity index (χ1) is 12.0. The number of phenols is 2. The molecule has 0 spiro atoms. The molecule has 0 aliphatic rings. The molecule has 4 N–H and O–H groups in total. The minimum atomic E-state index is -0.447. The highest BCUT2D eigenvalue weighted by Crippen LogP contribution is 2.10. The lowest BCUT2D eigenvalue weighted by Gasteiger charge is -2.01. The summed E-state index contributed by atoms with van der Waals surface area (Å²) in [5, 5.41) is 25.9. The van der Waals surface area contributed by atoms with E-state index in [0.29, 0.717) is 16.8 Å². The van der Waals surface area contributed by atoms with E-state index >= 15 is 0 Å². The van der Waals surface area contributed by atoms with Gasteiger partial charge in [-0.25, -0.2) is 10.9 Å². The molecule has 0 fully saturated rings. The van der Waals surface area contributed by atoms with E-state index in [-0.39, 0.29) is 11.5 Å². The van der Waals surface area contributed by atoms with Crippen molar-refractivity contribution in [3.63, 3.8) is 0 Å². The van der Waals surface area contributed by atoms with E-state index in [0.717, 1.165) is 0 Å². The number of aromatic hydroxyl groups is 2. The van der Waals surface area contributed by atoms with Crippen LogP contribution in [0.5, 0.6) is 11.5 Å². The molecule has 0 saturated carbocycles. The molecule has 0 aliphatic carbocycles. The van der Waals surface area contributed by atoms with Gasteiger partial charge in [0.25, 0.3) is 11.8 Å². The summed E-state index contributed by atoms with van der Waals surface area (Å²) in [6.07, 6.45) is 1.27. The van der Waals surface area contributed by atoms with Crippen molar-refractivity contribution < 1.29 is 19.8 Å². The summed E-state index contributed by atoms with van der Waals surface area (Å²) in [6, 6.07) is 11.4. The average Bonchev–Trinajstić information content (AvgIpc) is 2.60. The Morgan fingerprint density at radius 1 is 0.840 bits per heavy atom. The van der Waals surface area contributed by atoms with E-state index in [1.165, 1.54) is 54.7 Å². The molecule has 0 bridgehead atoms. The molecule has 0 saturated heterocycles. The normalized spacial score (nSPS) is 11.3. The van der Waals surface area contributed by atoms with Gasteiger partial charge in [-0.05, 0) is 55.5 Å². The van der Waals surface area contributed by atoms with Crippen molar-refractivity contribution in [1.82, 2.24) is 10.9 Å². The Balaban J connectivity index is 1.86. The molecule has 2 aromatic rings. The molecule has 8 nitrogen and oxygen atoms in total. The van der Waals surface area contributed by atoms with Crippen LogP contribution in [0.2, 0.25) is 0 Å². The quantitative estimate of drug-likeness (QED) is 0.488. The fraction of sp³-hybridized carbons (Fsp3) is 0.0588. The zero-order valence-corrected chi connectivity index (χ0v) is 13.3. The van der Waals surface area contributed by atoms with Crippen molar-refractivity contribution in [2.45, 2.75) is 6.92 Å². The molecule has 25 heavy (non-hydrogen) atoms. The SMILES string of the molecule is CC(/C=N/NC(=O)c1ccc(O)cc1)=N\NC(=O)c1ccc(O)cc1. The van der Waals surface area contributed by atoms with Crippen LogP contribution >= 0.6 is 0 Å². The molecule has 2 amide bonds. The van der Waals surface area contributed by atoms with Gasteiger partial charge in [0.1, 0.15) is 11.5 Å². The number of amides is 2. The largest absolute Gasteiger partial charge is 0.508 e. The smallest absolute Gasteiger partial charge is 0.271 e. The van der Waals surface area contributed by atoms with Gasteiger partial charge in [-0.2, -0.15) is 10.2 Å². The molecule has 8 heteroatoms. The van der Waals surface area contributed by atoms with Crippen LogP contribution < -0.4 is 10.9 Å². The second-order valence-corrected chi connectivity index (χ2v) is 4.99. The molecular weight excluding hydrogens is 324 g/mol. The highest BCUT2D eigenvalue weighted by molar-refractivity contribution is 6.29. The van der Waals surface area contributed by atoms with Gasteiger partial charge in [-0.1, -0.05) is 0 Å². The van der Waals surface area contributed by atoms with E-state index in [9.17, 15) is 14.7 Å². The lowest BCUT2D eigenvalue weighted by molar-refractivity contribution is 0.0946. The van der Waals surface area contributed by atoms with Gasteiger partial charge in [-0.15, -0.1) is 0 Å². The van der Waals surface area contributed by atoms with Crippen molar-refractivity contribution in [1.29, 1.82) is 0 Å². The molecule has 0 heterocycles. The topological polar surface area (TPSA) is 123 Å². The first kappa shape index (κ1) is 17.7. The van der Waals surface area contributed by atoms with E-state index in [1.807, 2.05) is 0 Å². The summed E-state index contributed by atoms with van der Waals surface area (Å²) >= 11 is 0. The Hall–Kier alpha value is -3.68. The number of carbonyl (C=O) groups is 2. The van der Waals surface area contributed by atoms with Crippen LogP contribution in [0.1, 0.15) is 27.6 Å². The van der Waals surface area contributed by atoms with Gasteiger partial charge in [0.2, 0.25) is 0 Å². The third-order valence-corrected chi connectivity index (χ3v) is 3.01. The second kappa shape index (κ2) is 8.25. The van der Waals surface area contributed by atoms with Crippen molar-refractivity contribution in [2.75, 3.05) is 0 Å². The number of hydrazone groups is 2. The van der Waals surface area contributed by atoms with Gasteiger partial charge < -0.3 is 10.2 Å². The Kier molecular flexibility index (Phi) is 5.83. The van der Waals surface area contributed by atoms with Crippen LogP contribution in [0, 0.1) is 0 Å². The van der Waals surface area contributed by atoms with Gasteiger partial charge in [-0.3, -0.25) is 9.59 Å². The number of hydrogen-bond acceptors (Lipinski definition) is 6. The lowest BCUT2D eigenvalue weighted by atomic mass is 10.2. The maximum Gasteiger partial charge on any atom is 0.271 e. The van der Waals surface area contributed by atoms with Crippen LogP contribution in [-0.4, -0.2) is 34.0 Å². The second-order valence-electron chi connectivity index (χ2n) is 4.99. The van der Waals surface area contributed by atoms with E-state index in [4.69, 9.17) is 5.11 Å². The van der Waals surface area contributed by atoms with Crippen LogP contribution in [0.3, 0.4) is 0 Å². The van der Waals surface area contributed by atoms with Crippen molar-refractivity contribution in [3.05, 3.63) is 59.7 Å². The highest BCUT2D eigenvalue weighted by atomic mass is 16.3. The van der Waals surface area contributed by atoms with Gasteiger partial charge in [0.05, 0.1) is 11.9 Å². The fourth-order valence-corrected chi connectivity index (χ4v) is 1.71. The van der Waals surface area contributed by atoms with Gasteiger partial charge in [0.15, 0.2) is 0 Å². The van der Waals surface area contributed by atoms with E-state index in [2.05, 4.69) is 21.1 Å². The Labute approximate surface area is 143 Å². The maximum atomic E-state index is 11.8. The monoisotopic (exact) mass is 340 g/mol. The van der Waals surface area contributed by atoms with Crippen LogP contribution in [-0.2, 0) is 0 Å². The minimum Gasteiger partial charge on any atom is -0.508 e. The van der Waals surface area contributed by atoms with Gasteiger partial charge >= 0.3 is 0 Å². The Bertz CT molecular complexity index is 812. The third-order valence-electron chi connectivity index (χ3n) is 3.01. The van der Waals surface area contributed by atoms with Crippen LogP contribution in [0.4, 0.5) is 0 Å². The van der Waals surface area contributed by atoms with E-state index in [1.54, 1.807) is 6.92 Å². The molecule has 128 valence electrons. The van der Waals surface area contributed by atoms with E-state index < -0.39 is 11.8 Å². The molecule has 0 atom stereocenters. The number of benzene rings is 2.